The second-order valence-corrected chi connectivity index (χ2v) is 5.71. The van der Waals surface area contributed by atoms with Crippen molar-refractivity contribution in [3.63, 3.8) is 0 Å². The monoisotopic (exact) mass is 226 g/mol. The van der Waals surface area contributed by atoms with Crippen LogP contribution in [0.4, 0.5) is 5.69 Å². The minimum atomic E-state index is 0.727. The number of nitrogens with one attached hydrogen (secondary N) is 2. The zero-order valence-electron chi connectivity index (χ0n) is 9.95. The molecular formula is C15H18N2. The molecule has 3 unspecified atom stereocenters. The Balaban J connectivity index is 1.58. The van der Waals surface area contributed by atoms with Crippen LogP contribution in [-0.4, -0.2) is 11.0 Å². The highest BCUT2D eigenvalue weighted by Crippen LogP contribution is 2.45. The fourth-order valence-electron chi connectivity index (χ4n) is 3.78. The molecule has 2 saturated carbocycles. The minimum Gasteiger partial charge on any atom is -0.382 e. The molecule has 0 radical (unpaired) electrons. The largest absolute Gasteiger partial charge is 0.382 e. The van der Waals surface area contributed by atoms with E-state index in [-0.39, 0.29) is 0 Å². The van der Waals surface area contributed by atoms with Crippen molar-refractivity contribution in [2.24, 2.45) is 11.8 Å². The summed E-state index contributed by atoms with van der Waals surface area (Å²) in [4.78, 5) is 3.24. The molecule has 0 saturated heterocycles. The van der Waals surface area contributed by atoms with Crippen LogP contribution in [0.25, 0.3) is 10.9 Å². The first kappa shape index (κ1) is 9.58. The normalized spacial score (nSPS) is 31.2. The van der Waals surface area contributed by atoms with E-state index in [2.05, 4.69) is 34.6 Å². The fourth-order valence-corrected chi connectivity index (χ4v) is 3.78. The molecular weight excluding hydrogens is 208 g/mol. The van der Waals surface area contributed by atoms with Crippen molar-refractivity contribution in [1.29, 1.82) is 0 Å². The van der Waals surface area contributed by atoms with Crippen molar-refractivity contribution in [1.82, 2.24) is 4.98 Å². The van der Waals surface area contributed by atoms with Crippen molar-refractivity contribution in [3.8, 4) is 0 Å². The molecule has 17 heavy (non-hydrogen) atoms. The molecule has 2 N–H and O–H groups in total. The molecule has 88 valence electrons. The van der Waals surface area contributed by atoms with Gasteiger partial charge in [0.1, 0.15) is 0 Å². The Morgan fingerprint density at radius 1 is 1.12 bits per heavy atom. The van der Waals surface area contributed by atoms with Crippen molar-refractivity contribution < 1.29 is 0 Å². The first-order valence-corrected chi connectivity index (χ1v) is 6.72. The summed E-state index contributed by atoms with van der Waals surface area (Å²) in [5.74, 6) is 1.94. The van der Waals surface area contributed by atoms with E-state index in [1.165, 1.54) is 42.3 Å². The molecule has 0 aliphatic heterocycles. The van der Waals surface area contributed by atoms with E-state index >= 15 is 0 Å². The average Bonchev–Trinajstić information content (AvgIpc) is 3.03. The Labute approximate surface area is 101 Å². The van der Waals surface area contributed by atoms with E-state index in [0.717, 1.165) is 17.9 Å². The maximum atomic E-state index is 3.74. The van der Waals surface area contributed by atoms with E-state index < -0.39 is 0 Å². The molecule has 3 atom stereocenters. The Morgan fingerprint density at radius 3 is 2.94 bits per heavy atom. The van der Waals surface area contributed by atoms with Crippen LogP contribution in [0.1, 0.15) is 25.7 Å². The number of hydrogen-bond acceptors (Lipinski definition) is 1. The number of H-pyrrole nitrogens is 1. The van der Waals surface area contributed by atoms with E-state index in [1.807, 2.05) is 6.20 Å². The molecule has 2 nitrogen and oxygen atoms in total. The van der Waals surface area contributed by atoms with Gasteiger partial charge in [-0.2, -0.15) is 0 Å². The summed E-state index contributed by atoms with van der Waals surface area (Å²) < 4.78 is 0. The summed E-state index contributed by atoms with van der Waals surface area (Å²) >= 11 is 0. The maximum Gasteiger partial charge on any atom is 0.0455 e. The molecule has 0 spiro atoms. The minimum absolute atomic E-state index is 0.727. The van der Waals surface area contributed by atoms with E-state index in [9.17, 15) is 0 Å². The van der Waals surface area contributed by atoms with Gasteiger partial charge in [-0.3, -0.25) is 0 Å². The summed E-state index contributed by atoms with van der Waals surface area (Å²) in [6.45, 7) is 0. The quantitative estimate of drug-likeness (QED) is 0.801. The molecule has 2 heteroatoms. The highest BCUT2D eigenvalue weighted by atomic mass is 14.9. The molecule has 0 amide bonds. The Bertz CT molecular complexity index is 543. The lowest BCUT2D eigenvalue weighted by Gasteiger charge is -2.24. The number of fused-ring (bicyclic) bond motifs is 3. The van der Waals surface area contributed by atoms with Crippen molar-refractivity contribution >= 4 is 16.6 Å². The first-order valence-electron chi connectivity index (χ1n) is 6.72. The standard InChI is InChI=1S/C15H18N2/c1-2-11-7-10(1)8-15(11)17-13-3-4-14-12(9-13)5-6-16-14/h3-6,9-11,15-17H,1-2,7-8H2. The van der Waals surface area contributed by atoms with Crippen molar-refractivity contribution in [3.05, 3.63) is 30.5 Å². The zero-order valence-corrected chi connectivity index (χ0v) is 9.95. The van der Waals surface area contributed by atoms with Gasteiger partial charge in [-0.15, -0.1) is 0 Å². The van der Waals surface area contributed by atoms with Crippen LogP contribution in [0.3, 0.4) is 0 Å². The van der Waals surface area contributed by atoms with Gasteiger partial charge in [-0.05, 0) is 55.4 Å². The highest BCUT2D eigenvalue weighted by Gasteiger charge is 2.39. The molecule has 1 aromatic heterocycles. The van der Waals surface area contributed by atoms with Crippen LogP contribution in [0, 0.1) is 11.8 Å². The topological polar surface area (TPSA) is 27.8 Å². The summed E-state index contributed by atoms with van der Waals surface area (Å²) in [6, 6.07) is 9.50. The van der Waals surface area contributed by atoms with Crippen LogP contribution in [-0.2, 0) is 0 Å². The van der Waals surface area contributed by atoms with E-state index in [0.29, 0.717) is 0 Å². The summed E-state index contributed by atoms with van der Waals surface area (Å²) in [5, 5.41) is 5.04. The third-order valence-corrected chi connectivity index (χ3v) is 4.64. The van der Waals surface area contributed by atoms with Gasteiger partial charge >= 0.3 is 0 Å². The predicted molar refractivity (Wildman–Crippen MR) is 71.2 cm³/mol. The van der Waals surface area contributed by atoms with Gasteiger partial charge in [0.2, 0.25) is 0 Å². The number of aromatic amines is 1. The molecule has 2 aliphatic rings. The zero-order chi connectivity index (χ0) is 11.2. The van der Waals surface area contributed by atoms with Crippen LogP contribution in [0.15, 0.2) is 30.5 Å². The molecule has 1 aromatic carbocycles. The van der Waals surface area contributed by atoms with Gasteiger partial charge in [0.25, 0.3) is 0 Å². The third kappa shape index (κ3) is 1.54. The van der Waals surface area contributed by atoms with E-state index in [1.54, 1.807) is 0 Å². The Morgan fingerprint density at radius 2 is 2.12 bits per heavy atom. The molecule has 2 bridgehead atoms. The summed E-state index contributed by atoms with van der Waals surface area (Å²) in [6.07, 6.45) is 7.76. The molecule has 2 aliphatic carbocycles. The summed E-state index contributed by atoms with van der Waals surface area (Å²) in [7, 11) is 0. The van der Waals surface area contributed by atoms with Crippen LogP contribution >= 0.6 is 0 Å². The lowest BCUT2D eigenvalue weighted by molar-refractivity contribution is 0.440. The first-order chi connectivity index (χ1) is 8.38. The van der Waals surface area contributed by atoms with Crippen molar-refractivity contribution in [2.45, 2.75) is 31.7 Å². The lowest BCUT2D eigenvalue weighted by atomic mass is 9.95. The smallest absolute Gasteiger partial charge is 0.0455 e. The number of aromatic nitrogens is 1. The van der Waals surface area contributed by atoms with Crippen LogP contribution in [0.2, 0.25) is 0 Å². The average molecular weight is 226 g/mol. The predicted octanol–water partition coefficient (Wildman–Crippen LogP) is 3.77. The Kier molecular flexibility index (Phi) is 1.99. The second-order valence-electron chi connectivity index (χ2n) is 5.71. The second kappa shape index (κ2) is 3.52. The molecule has 1 heterocycles. The highest BCUT2D eigenvalue weighted by molar-refractivity contribution is 5.83. The van der Waals surface area contributed by atoms with Crippen LogP contribution in [0.5, 0.6) is 0 Å². The third-order valence-electron chi connectivity index (χ3n) is 4.64. The van der Waals surface area contributed by atoms with Crippen molar-refractivity contribution in [2.75, 3.05) is 5.32 Å². The fraction of sp³-hybridized carbons (Fsp3) is 0.467. The van der Waals surface area contributed by atoms with Gasteiger partial charge < -0.3 is 10.3 Å². The van der Waals surface area contributed by atoms with Gasteiger partial charge in [0.15, 0.2) is 0 Å². The van der Waals surface area contributed by atoms with E-state index in [4.69, 9.17) is 0 Å². The maximum absolute atomic E-state index is 3.74. The number of rotatable bonds is 2. The number of benzene rings is 1. The molecule has 2 fully saturated rings. The SMILES string of the molecule is c1cc2cc(NC3CC4CCC3C4)ccc2[nH]1. The lowest BCUT2D eigenvalue weighted by Crippen LogP contribution is -2.25. The summed E-state index contributed by atoms with van der Waals surface area (Å²) in [5.41, 5.74) is 2.51. The van der Waals surface area contributed by atoms with Gasteiger partial charge in [0, 0.05) is 28.8 Å². The van der Waals surface area contributed by atoms with Gasteiger partial charge in [0.05, 0.1) is 0 Å². The number of hydrogen-bond donors (Lipinski definition) is 2. The van der Waals surface area contributed by atoms with Crippen LogP contribution < -0.4 is 5.32 Å². The Hall–Kier alpha value is -1.44. The molecule has 2 aromatic rings. The van der Waals surface area contributed by atoms with Gasteiger partial charge in [-0.25, -0.2) is 0 Å². The number of anilines is 1. The molecule has 4 rings (SSSR count). The van der Waals surface area contributed by atoms with Gasteiger partial charge in [-0.1, -0.05) is 6.42 Å².